The van der Waals surface area contributed by atoms with E-state index in [1.54, 1.807) is 4.90 Å². The van der Waals surface area contributed by atoms with E-state index in [9.17, 15) is 27.9 Å². The van der Waals surface area contributed by atoms with Crippen molar-refractivity contribution in [2.75, 3.05) is 18.0 Å². The number of aryl methyl sites for hydroxylation is 1. The van der Waals surface area contributed by atoms with E-state index in [4.69, 9.17) is 0 Å². The zero-order chi connectivity index (χ0) is 20.6. The number of halogens is 3. The first-order valence-electron chi connectivity index (χ1n) is 8.83. The number of piperidine rings is 1. The van der Waals surface area contributed by atoms with E-state index >= 15 is 0 Å². The van der Waals surface area contributed by atoms with Gasteiger partial charge in [0.15, 0.2) is 0 Å². The lowest BCUT2D eigenvalue weighted by Gasteiger charge is -2.35. The van der Waals surface area contributed by atoms with Gasteiger partial charge in [-0.15, -0.1) is 0 Å². The molecular formula is C18H21F3N4O3. The monoisotopic (exact) mass is 398 g/mol. The Morgan fingerprint density at radius 2 is 1.82 bits per heavy atom. The highest BCUT2D eigenvalue weighted by Crippen LogP contribution is 2.32. The molecule has 2 aromatic rings. The van der Waals surface area contributed by atoms with Gasteiger partial charge in [0.25, 0.3) is 5.56 Å². The lowest BCUT2D eigenvalue weighted by Crippen LogP contribution is -2.41. The van der Waals surface area contributed by atoms with Crippen LogP contribution in [0, 0.1) is 5.92 Å². The fraction of sp³-hybridized carbons (Fsp3) is 0.500. The number of rotatable bonds is 3. The second-order valence-electron chi connectivity index (χ2n) is 6.99. The molecule has 0 spiro atoms. The van der Waals surface area contributed by atoms with Crippen molar-refractivity contribution >= 4 is 5.82 Å². The zero-order valence-electron chi connectivity index (χ0n) is 15.5. The van der Waals surface area contributed by atoms with Crippen molar-refractivity contribution in [1.29, 1.82) is 0 Å². The fourth-order valence-electron chi connectivity index (χ4n) is 3.49. The summed E-state index contributed by atoms with van der Waals surface area (Å²) in [4.78, 5) is 29.5. The van der Waals surface area contributed by atoms with E-state index in [0.717, 1.165) is 10.6 Å². The Balaban J connectivity index is 1.74. The van der Waals surface area contributed by atoms with Crippen LogP contribution in [-0.2, 0) is 20.3 Å². The molecule has 152 valence electrons. The highest BCUT2D eigenvalue weighted by molar-refractivity contribution is 5.40. The molecule has 1 fully saturated rings. The maximum absolute atomic E-state index is 12.9. The smallest absolute Gasteiger partial charge is 0.388 e. The minimum atomic E-state index is -4.51. The van der Waals surface area contributed by atoms with Crippen LogP contribution in [0.5, 0.6) is 0 Å². The Morgan fingerprint density at radius 3 is 2.43 bits per heavy atom. The SMILES string of the molecule is Cn1cc(C(O)C2CCN(c3cccc(C(F)(F)F)n3)CC2)c(=O)n(C)c1=O. The minimum absolute atomic E-state index is 0.139. The molecule has 1 aliphatic heterocycles. The van der Waals surface area contributed by atoms with Gasteiger partial charge in [0.1, 0.15) is 11.5 Å². The first-order valence-corrected chi connectivity index (χ1v) is 8.83. The molecule has 2 aromatic heterocycles. The van der Waals surface area contributed by atoms with Crippen molar-refractivity contribution in [2.45, 2.75) is 25.1 Å². The summed E-state index contributed by atoms with van der Waals surface area (Å²) < 4.78 is 40.7. The number of alkyl halides is 3. The summed E-state index contributed by atoms with van der Waals surface area (Å²) in [6, 6.07) is 3.77. The van der Waals surface area contributed by atoms with Gasteiger partial charge in [0, 0.05) is 33.4 Å². The first-order chi connectivity index (χ1) is 13.1. The quantitative estimate of drug-likeness (QED) is 0.847. The predicted octanol–water partition coefficient (Wildman–Crippen LogP) is 1.45. The van der Waals surface area contributed by atoms with Crippen LogP contribution in [0.4, 0.5) is 19.0 Å². The number of aromatic nitrogens is 3. The molecule has 0 bridgehead atoms. The standard InChI is InChI=1S/C18H21F3N4O3/c1-23-10-12(16(27)24(2)17(23)28)15(26)11-6-8-25(9-7-11)14-5-3-4-13(22-14)18(19,20)21/h3-5,10-11,15,26H,6-9H2,1-2H3. The van der Waals surface area contributed by atoms with Crippen molar-refractivity contribution in [1.82, 2.24) is 14.1 Å². The lowest BCUT2D eigenvalue weighted by molar-refractivity contribution is -0.141. The van der Waals surface area contributed by atoms with Gasteiger partial charge in [-0.2, -0.15) is 13.2 Å². The molecule has 0 saturated carbocycles. The predicted molar refractivity (Wildman–Crippen MR) is 96.1 cm³/mol. The third-order valence-electron chi connectivity index (χ3n) is 5.13. The van der Waals surface area contributed by atoms with Gasteiger partial charge in [0.05, 0.1) is 11.7 Å². The molecule has 7 nitrogen and oxygen atoms in total. The minimum Gasteiger partial charge on any atom is -0.388 e. The summed E-state index contributed by atoms with van der Waals surface area (Å²) in [5.74, 6) is -0.00645. The molecule has 1 atom stereocenters. The summed E-state index contributed by atoms with van der Waals surface area (Å²) in [5, 5.41) is 10.7. The highest BCUT2D eigenvalue weighted by atomic mass is 19.4. The van der Waals surface area contributed by atoms with Gasteiger partial charge >= 0.3 is 11.9 Å². The number of anilines is 1. The molecule has 0 radical (unpaired) electrons. The molecular weight excluding hydrogens is 377 g/mol. The lowest BCUT2D eigenvalue weighted by atomic mass is 9.88. The maximum Gasteiger partial charge on any atom is 0.433 e. The van der Waals surface area contributed by atoms with Gasteiger partial charge < -0.3 is 14.6 Å². The van der Waals surface area contributed by atoms with Crippen molar-refractivity contribution in [3.8, 4) is 0 Å². The van der Waals surface area contributed by atoms with E-state index in [0.29, 0.717) is 25.9 Å². The molecule has 1 N–H and O–H groups in total. The van der Waals surface area contributed by atoms with Crippen LogP contribution in [0.25, 0.3) is 0 Å². The Hall–Kier alpha value is -2.62. The van der Waals surface area contributed by atoms with E-state index < -0.39 is 29.2 Å². The van der Waals surface area contributed by atoms with Crippen molar-refractivity contribution in [3.05, 3.63) is 56.5 Å². The number of pyridine rings is 1. The molecule has 10 heteroatoms. The normalized spacial score (nSPS) is 17.0. The van der Waals surface area contributed by atoms with Crippen LogP contribution in [0.2, 0.25) is 0 Å². The zero-order valence-corrected chi connectivity index (χ0v) is 15.5. The molecule has 1 unspecified atom stereocenters. The van der Waals surface area contributed by atoms with Crippen molar-refractivity contribution in [3.63, 3.8) is 0 Å². The second kappa shape index (κ2) is 7.42. The molecule has 3 heterocycles. The summed E-state index contributed by atoms with van der Waals surface area (Å²) in [6.45, 7) is 0.810. The van der Waals surface area contributed by atoms with E-state index in [-0.39, 0.29) is 17.3 Å². The molecule has 0 aromatic carbocycles. The largest absolute Gasteiger partial charge is 0.433 e. The Bertz CT molecular complexity index is 975. The summed E-state index contributed by atoms with van der Waals surface area (Å²) in [6.07, 6.45) is -3.26. The number of hydrogen-bond donors (Lipinski definition) is 1. The molecule has 28 heavy (non-hydrogen) atoms. The number of aliphatic hydroxyl groups is 1. The van der Waals surface area contributed by atoms with Gasteiger partial charge in [-0.1, -0.05) is 6.07 Å². The fourth-order valence-corrected chi connectivity index (χ4v) is 3.49. The van der Waals surface area contributed by atoms with Gasteiger partial charge in [0.2, 0.25) is 0 Å². The van der Waals surface area contributed by atoms with E-state index in [1.807, 2.05) is 0 Å². The van der Waals surface area contributed by atoms with Crippen LogP contribution in [-0.4, -0.2) is 32.3 Å². The molecule has 1 saturated heterocycles. The number of nitrogens with zero attached hydrogens (tertiary/aromatic N) is 4. The third-order valence-corrected chi connectivity index (χ3v) is 5.13. The second-order valence-corrected chi connectivity index (χ2v) is 6.99. The van der Waals surface area contributed by atoms with Gasteiger partial charge in [-0.05, 0) is 30.9 Å². The van der Waals surface area contributed by atoms with Crippen LogP contribution >= 0.6 is 0 Å². The van der Waals surface area contributed by atoms with Gasteiger partial charge in [-0.3, -0.25) is 9.36 Å². The Morgan fingerprint density at radius 1 is 1.18 bits per heavy atom. The molecule has 3 rings (SSSR count). The molecule has 0 amide bonds. The average Bonchev–Trinajstić information content (AvgIpc) is 2.68. The molecule has 0 aliphatic carbocycles. The summed E-state index contributed by atoms with van der Waals surface area (Å²) in [7, 11) is 2.85. The highest BCUT2D eigenvalue weighted by Gasteiger charge is 2.34. The van der Waals surface area contributed by atoms with E-state index in [1.165, 1.54) is 37.0 Å². The third kappa shape index (κ3) is 3.82. The average molecular weight is 398 g/mol. The Kier molecular flexibility index (Phi) is 5.33. The summed E-state index contributed by atoms with van der Waals surface area (Å²) in [5.41, 5.74) is -1.83. The van der Waals surface area contributed by atoms with E-state index in [2.05, 4.69) is 4.98 Å². The van der Waals surface area contributed by atoms with Crippen LogP contribution in [0.1, 0.15) is 30.2 Å². The van der Waals surface area contributed by atoms with Crippen LogP contribution in [0.15, 0.2) is 34.0 Å². The number of hydrogen-bond acceptors (Lipinski definition) is 5. The molecule has 1 aliphatic rings. The summed E-state index contributed by atoms with van der Waals surface area (Å²) >= 11 is 0. The van der Waals surface area contributed by atoms with Crippen molar-refractivity contribution < 1.29 is 18.3 Å². The maximum atomic E-state index is 12.9. The topological polar surface area (TPSA) is 80.4 Å². The van der Waals surface area contributed by atoms with Gasteiger partial charge in [-0.25, -0.2) is 9.78 Å². The van der Waals surface area contributed by atoms with Crippen molar-refractivity contribution in [2.24, 2.45) is 20.0 Å². The Labute approximate surface area is 158 Å². The number of aliphatic hydroxyl groups excluding tert-OH is 1. The van der Waals surface area contributed by atoms with Crippen LogP contribution in [0.3, 0.4) is 0 Å². The first kappa shape index (κ1) is 20.1. The van der Waals surface area contributed by atoms with Crippen LogP contribution < -0.4 is 16.1 Å².